The van der Waals surface area contributed by atoms with Gasteiger partial charge in [-0.2, -0.15) is 0 Å². The van der Waals surface area contributed by atoms with Crippen LogP contribution >= 0.6 is 0 Å². The lowest BCUT2D eigenvalue weighted by molar-refractivity contribution is -0.313. The second-order valence-electron chi connectivity index (χ2n) is 9.06. The Hall–Kier alpha value is -1.64. The first-order chi connectivity index (χ1) is 13.2. The number of benzene rings is 2. The SMILES string of the molecule is CC(C)c1ccc(COOCc2ccc(C(C)C)cc2C(C)C)c(C(C)C)c1. The van der Waals surface area contributed by atoms with Crippen molar-refractivity contribution in [3.63, 3.8) is 0 Å². The van der Waals surface area contributed by atoms with Crippen LogP contribution < -0.4 is 0 Å². The van der Waals surface area contributed by atoms with Crippen molar-refractivity contribution in [2.75, 3.05) is 0 Å². The van der Waals surface area contributed by atoms with Gasteiger partial charge in [0.25, 0.3) is 0 Å². The first-order valence-corrected chi connectivity index (χ1v) is 10.7. The van der Waals surface area contributed by atoms with Crippen LogP contribution in [0.15, 0.2) is 36.4 Å². The Bertz CT molecular complexity index is 692. The van der Waals surface area contributed by atoms with Crippen molar-refractivity contribution < 1.29 is 9.78 Å². The molecule has 0 radical (unpaired) electrons. The molecule has 2 aromatic carbocycles. The fourth-order valence-corrected chi connectivity index (χ4v) is 3.49. The quantitative estimate of drug-likeness (QED) is 0.250. The molecule has 28 heavy (non-hydrogen) atoms. The van der Waals surface area contributed by atoms with Crippen LogP contribution in [-0.4, -0.2) is 0 Å². The molecule has 2 aromatic rings. The van der Waals surface area contributed by atoms with Crippen LogP contribution in [-0.2, 0) is 23.0 Å². The van der Waals surface area contributed by atoms with E-state index in [2.05, 4.69) is 91.8 Å². The Balaban J connectivity index is 2.03. The third kappa shape index (κ3) is 5.93. The van der Waals surface area contributed by atoms with Crippen LogP contribution in [0.1, 0.15) is 112 Å². The highest BCUT2D eigenvalue weighted by molar-refractivity contribution is 5.36. The van der Waals surface area contributed by atoms with E-state index in [1.807, 2.05) is 0 Å². The van der Waals surface area contributed by atoms with Crippen molar-refractivity contribution >= 4 is 0 Å². The summed E-state index contributed by atoms with van der Waals surface area (Å²) in [5, 5.41) is 0. The van der Waals surface area contributed by atoms with E-state index < -0.39 is 0 Å². The zero-order valence-corrected chi connectivity index (χ0v) is 19.0. The molecule has 0 bridgehead atoms. The molecule has 0 fully saturated rings. The minimum absolute atomic E-state index is 0.466. The second-order valence-corrected chi connectivity index (χ2v) is 9.06. The second kappa shape index (κ2) is 10.2. The van der Waals surface area contributed by atoms with E-state index in [1.54, 1.807) is 0 Å². The van der Waals surface area contributed by atoms with E-state index in [1.165, 1.54) is 33.4 Å². The number of hydrogen-bond donors (Lipinski definition) is 0. The molecule has 154 valence electrons. The van der Waals surface area contributed by atoms with Crippen LogP contribution in [0.2, 0.25) is 0 Å². The average Bonchev–Trinajstić information content (AvgIpc) is 2.64. The van der Waals surface area contributed by atoms with E-state index in [9.17, 15) is 0 Å². The summed E-state index contributed by atoms with van der Waals surface area (Å²) in [5.74, 6) is 2.00. The Morgan fingerprint density at radius 2 is 0.893 bits per heavy atom. The predicted octanol–water partition coefficient (Wildman–Crippen LogP) is 7.83. The Kier molecular flexibility index (Phi) is 8.27. The molecule has 0 aliphatic carbocycles. The summed E-state index contributed by atoms with van der Waals surface area (Å²) >= 11 is 0. The molecular weight excluding hydrogens is 344 g/mol. The molecule has 0 atom stereocenters. The average molecular weight is 383 g/mol. The lowest BCUT2D eigenvalue weighted by Gasteiger charge is -2.18. The minimum Gasteiger partial charge on any atom is -0.232 e. The van der Waals surface area contributed by atoms with Crippen LogP contribution in [0.3, 0.4) is 0 Å². The molecule has 0 aliphatic heterocycles. The molecule has 2 rings (SSSR count). The van der Waals surface area contributed by atoms with E-state index in [4.69, 9.17) is 9.78 Å². The van der Waals surface area contributed by atoms with Crippen molar-refractivity contribution in [3.8, 4) is 0 Å². The van der Waals surface area contributed by atoms with Gasteiger partial charge in [-0.15, -0.1) is 0 Å². The minimum atomic E-state index is 0.466. The van der Waals surface area contributed by atoms with Crippen molar-refractivity contribution in [1.29, 1.82) is 0 Å². The maximum absolute atomic E-state index is 5.63. The molecule has 0 spiro atoms. The summed E-state index contributed by atoms with van der Waals surface area (Å²) in [4.78, 5) is 11.3. The van der Waals surface area contributed by atoms with Gasteiger partial charge < -0.3 is 0 Å². The third-order valence-electron chi connectivity index (χ3n) is 5.43. The molecule has 0 unspecified atom stereocenters. The van der Waals surface area contributed by atoms with Crippen molar-refractivity contribution in [2.45, 2.75) is 92.3 Å². The van der Waals surface area contributed by atoms with E-state index in [0.29, 0.717) is 36.9 Å². The van der Waals surface area contributed by atoms with Gasteiger partial charge in [-0.3, -0.25) is 0 Å². The molecule has 0 aromatic heterocycles. The molecule has 0 heterocycles. The normalized spacial score (nSPS) is 12.0. The Morgan fingerprint density at radius 1 is 0.536 bits per heavy atom. The summed E-state index contributed by atoms with van der Waals surface area (Å²) in [5.41, 5.74) is 7.86. The van der Waals surface area contributed by atoms with Crippen LogP contribution in [0.25, 0.3) is 0 Å². The first-order valence-electron chi connectivity index (χ1n) is 10.7. The van der Waals surface area contributed by atoms with E-state index in [0.717, 1.165) is 0 Å². The number of rotatable bonds is 9. The Labute approximate surface area is 172 Å². The van der Waals surface area contributed by atoms with Gasteiger partial charge in [0.2, 0.25) is 0 Å². The first kappa shape index (κ1) is 22.6. The van der Waals surface area contributed by atoms with Crippen molar-refractivity contribution in [1.82, 2.24) is 0 Å². The number of hydrogen-bond acceptors (Lipinski definition) is 2. The van der Waals surface area contributed by atoms with Crippen LogP contribution in [0.5, 0.6) is 0 Å². The highest BCUT2D eigenvalue weighted by Crippen LogP contribution is 2.27. The van der Waals surface area contributed by atoms with Gasteiger partial charge in [-0.25, -0.2) is 9.78 Å². The molecule has 0 N–H and O–H groups in total. The smallest absolute Gasteiger partial charge is 0.108 e. The van der Waals surface area contributed by atoms with Gasteiger partial charge in [-0.05, 0) is 57.1 Å². The van der Waals surface area contributed by atoms with E-state index in [-0.39, 0.29) is 0 Å². The fourth-order valence-electron chi connectivity index (χ4n) is 3.49. The van der Waals surface area contributed by atoms with Crippen LogP contribution in [0, 0.1) is 0 Å². The highest BCUT2D eigenvalue weighted by Gasteiger charge is 2.12. The lowest BCUT2D eigenvalue weighted by atomic mass is 9.92. The van der Waals surface area contributed by atoms with Gasteiger partial charge >= 0.3 is 0 Å². The zero-order valence-electron chi connectivity index (χ0n) is 19.0. The Morgan fingerprint density at radius 3 is 1.18 bits per heavy atom. The highest BCUT2D eigenvalue weighted by atomic mass is 17.2. The summed E-state index contributed by atoms with van der Waals surface area (Å²) in [6.45, 7) is 18.8. The maximum Gasteiger partial charge on any atom is 0.108 e. The van der Waals surface area contributed by atoms with Crippen molar-refractivity contribution in [3.05, 3.63) is 69.8 Å². The van der Waals surface area contributed by atoms with Crippen molar-refractivity contribution in [2.24, 2.45) is 0 Å². The monoisotopic (exact) mass is 382 g/mol. The molecule has 2 nitrogen and oxygen atoms in total. The predicted molar refractivity (Wildman–Crippen MR) is 119 cm³/mol. The molecule has 0 amide bonds. The third-order valence-corrected chi connectivity index (χ3v) is 5.43. The lowest BCUT2D eigenvalue weighted by Crippen LogP contribution is -2.05. The molecular formula is C26H38O2. The van der Waals surface area contributed by atoms with Crippen LogP contribution in [0.4, 0.5) is 0 Å². The molecule has 0 aliphatic rings. The summed E-state index contributed by atoms with van der Waals surface area (Å²) < 4.78 is 0. The topological polar surface area (TPSA) is 18.5 Å². The summed E-state index contributed by atoms with van der Waals surface area (Å²) in [6, 6.07) is 13.4. The van der Waals surface area contributed by atoms with E-state index >= 15 is 0 Å². The van der Waals surface area contributed by atoms with Gasteiger partial charge in [0.15, 0.2) is 0 Å². The van der Waals surface area contributed by atoms with Gasteiger partial charge in [0.1, 0.15) is 13.2 Å². The van der Waals surface area contributed by atoms with Gasteiger partial charge in [0.05, 0.1) is 0 Å². The largest absolute Gasteiger partial charge is 0.232 e. The molecule has 0 saturated carbocycles. The van der Waals surface area contributed by atoms with Gasteiger partial charge in [-0.1, -0.05) is 91.8 Å². The maximum atomic E-state index is 5.63. The standard InChI is InChI=1S/C26H38O2/c1-17(2)21-9-11-23(25(13-21)19(5)6)15-27-28-16-24-12-10-22(18(3)4)14-26(24)20(7)8/h9-14,17-20H,15-16H2,1-8H3. The molecule has 2 heteroatoms. The van der Waals surface area contributed by atoms with Gasteiger partial charge in [0, 0.05) is 0 Å². The summed E-state index contributed by atoms with van der Waals surface area (Å²) in [6.07, 6.45) is 0. The fraction of sp³-hybridized carbons (Fsp3) is 0.538. The summed E-state index contributed by atoms with van der Waals surface area (Å²) in [7, 11) is 0. The zero-order chi connectivity index (χ0) is 20.8. The molecule has 0 saturated heterocycles.